The zero-order valence-electron chi connectivity index (χ0n) is 17.1. The average molecular weight is 413 g/mol. The molecule has 0 bridgehead atoms. The first-order valence-corrected chi connectivity index (χ1v) is 11.3. The quantitative estimate of drug-likeness (QED) is 0.653. The first kappa shape index (κ1) is 20.3. The molecule has 2 fully saturated rings. The van der Waals surface area contributed by atoms with Crippen LogP contribution in [0.3, 0.4) is 0 Å². The molecule has 1 aromatic carbocycles. The lowest BCUT2D eigenvalue weighted by Crippen LogP contribution is -2.43. The van der Waals surface area contributed by atoms with E-state index in [4.69, 9.17) is 17.2 Å². The van der Waals surface area contributed by atoms with Gasteiger partial charge in [-0.25, -0.2) is 4.98 Å². The Balaban J connectivity index is 1.30. The molecular formula is C22H32N6S. The van der Waals surface area contributed by atoms with Gasteiger partial charge in [0, 0.05) is 50.3 Å². The Bertz CT molecular complexity index is 812. The number of thiocarbonyl (C=S) groups is 1. The van der Waals surface area contributed by atoms with E-state index in [1.54, 1.807) is 0 Å². The highest BCUT2D eigenvalue weighted by Crippen LogP contribution is 2.22. The van der Waals surface area contributed by atoms with Crippen molar-refractivity contribution in [2.24, 2.45) is 0 Å². The molecule has 2 aromatic rings. The second kappa shape index (κ2) is 10.2. The van der Waals surface area contributed by atoms with E-state index in [-0.39, 0.29) is 0 Å². The number of piperazine rings is 1. The number of aromatic nitrogens is 1. The summed E-state index contributed by atoms with van der Waals surface area (Å²) in [5, 5.41) is 11.9. The molecule has 0 radical (unpaired) electrons. The summed E-state index contributed by atoms with van der Waals surface area (Å²) in [4.78, 5) is 9.73. The highest BCUT2D eigenvalue weighted by atomic mass is 32.1. The number of nitrogens with one attached hydrogen (secondary N) is 3. The Morgan fingerprint density at radius 1 is 1.00 bits per heavy atom. The highest BCUT2D eigenvalue weighted by Gasteiger charge is 2.12. The number of hydrogen-bond donors (Lipinski definition) is 3. The van der Waals surface area contributed by atoms with Gasteiger partial charge in [0.1, 0.15) is 5.82 Å². The summed E-state index contributed by atoms with van der Waals surface area (Å²) in [6.45, 7) is 8.43. The standard InChI is InChI=1S/C22H32N6S/c29-22(24-11-14-27-12-3-1-2-4-13-27)25-19-6-7-20-18(17-19)5-8-21(26-20)28-15-9-23-10-16-28/h5-8,17,23H,1-4,9-16H2,(H2,24,25,29). The fourth-order valence-corrected chi connectivity index (χ4v) is 4.35. The van der Waals surface area contributed by atoms with Crippen molar-refractivity contribution in [2.75, 3.05) is 62.6 Å². The molecule has 0 unspecified atom stereocenters. The van der Waals surface area contributed by atoms with Gasteiger partial charge in [-0.15, -0.1) is 0 Å². The lowest BCUT2D eigenvalue weighted by atomic mass is 10.2. The van der Waals surface area contributed by atoms with E-state index in [1.807, 2.05) is 0 Å². The number of pyridine rings is 1. The minimum atomic E-state index is 0.685. The van der Waals surface area contributed by atoms with Crippen LogP contribution in [0.25, 0.3) is 10.9 Å². The van der Waals surface area contributed by atoms with Crippen LogP contribution in [-0.2, 0) is 0 Å². The average Bonchev–Trinajstić information content (AvgIpc) is 3.03. The Kier molecular flexibility index (Phi) is 7.14. The van der Waals surface area contributed by atoms with Gasteiger partial charge in [0.05, 0.1) is 5.52 Å². The van der Waals surface area contributed by atoms with E-state index >= 15 is 0 Å². The number of hydrogen-bond acceptors (Lipinski definition) is 5. The first-order chi connectivity index (χ1) is 14.3. The second-order valence-electron chi connectivity index (χ2n) is 7.95. The van der Waals surface area contributed by atoms with Crippen molar-refractivity contribution >= 4 is 39.7 Å². The number of benzene rings is 1. The zero-order valence-corrected chi connectivity index (χ0v) is 17.9. The topological polar surface area (TPSA) is 55.5 Å². The van der Waals surface area contributed by atoms with Crippen molar-refractivity contribution < 1.29 is 0 Å². The lowest BCUT2D eigenvalue weighted by molar-refractivity contribution is 0.289. The molecule has 0 atom stereocenters. The van der Waals surface area contributed by atoms with Crippen molar-refractivity contribution in [1.29, 1.82) is 0 Å². The van der Waals surface area contributed by atoms with Gasteiger partial charge in [-0.3, -0.25) is 0 Å². The third kappa shape index (κ3) is 5.78. The molecule has 0 spiro atoms. The van der Waals surface area contributed by atoms with Gasteiger partial charge in [-0.1, -0.05) is 12.8 Å². The number of likely N-dealkylation sites (tertiary alicyclic amines) is 1. The minimum absolute atomic E-state index is 0.685. The van der Waals surface area contributed by atoms with E-state index in [2.05, 4.69) is 56.1 Å². The number of anilines is 2. The van der Waals surface area contributed by atoms with E-state index in [0.717, 1.165) is 61.7 Å². The summed E-state index contributed by atoms with van der Waals surface area (Å²) in [5.41, 5.74) is 2.02. The van der Waals surface area contributed by atoms with Crippen LogP contribution in [0.15, 0.2) is 30.3 Å². The Hall–Kier alpha value is -1.96. The molecule has 0 amide bonds. The molecule has 7 heteroatoms. The van der Waals surface area contributed by atoms with Crippen molar-refractivity contribution in [1.82, 2.24) is 20.5 Å². The van der Waals surface area contributed by atoms with Crippen LogP contribution in [0.4, 0.5) is 11.5 Å². The molecule has 4 rings (SSSR count). The lowest BCUT2D eigenvalue weighted by Gasteiger charge is -2.28. The molecule has 2 aliphatic rings. The molecular weight excluding hydrogens is 380 g/mol. The number of nitrogens with zero attached hydrogens (tertiary/aromatic N) is 3. The van der Waals surface area contributed by atoms with E-state index < -0.39 is 0 Å². The molecule has 2 aliphatic heterocycles. The van der Waals surface area contributed by atoms with E-state index in [0.29, 0.717) is 5.11 Å². The Morgan fingerprint density at radius 2 is 1.79 bits per heavy atom. The summed E-state index contributed by atoms with van der Waals surface area (Å²) in [7, 11) is 0. The van der Waals surface area contributed by atoms with Gasteiger partial charge in [0.15, 0.2) is 5.11 Å². The molecule has 156 valence electrons. The Labute approximate surface area is 179 Å². The van der Waals surface area contributed by atoms with Crippen LogP contribution >= 0.6 is 12.2 Å². The Morgan fingerprint density at radius 3 is 2.59 bits per heavy atom. The summed E-state index contributed by atoms with van der Waals surface area (Å²) in [6, 6.07) is 10.5. The van der Waals surface area contributed by atoms with Gasteiger partial charge in [0.2, 0.25) is 0 Å². The van der Waals surface area contributed by atoms with Gasteiger partial charge in [-0.2, -0.15) is 0 Å². The predicted molar refractivity (Wildman–Crippen MR) is 126 cm³/mol. The molecule has 3 heterocycles. The number of fused-ring (bicyclic) bond motifs is 1. The largest absolute Gasteiger partial charge is 0.361 e. The minimum Gasteiger partial charge on any atom is -0.361 e. The van der Waals surface area contributed by atoms with Crippen molar-refractivity contribution in [3.63, 3.8) is 0 Å². The maximum absolute atomic E-state index is 5.49. The van der Waals surface area contributed by atoms with Crippen LogP contribution in [0.1, 0.15) is 25.7 Å². The van der Waals surface area contributed by atoms with E-state index in [1.165, 1.54) is 38.8 Å². The molecule has 0 aliphatic carbocycles. The molecule has 29 heavy (non-hydrogen) atoms. The van der Waals surface area contributed by atoms with Gasteiger partial charge < -0.3 is 25.8 Å². The molecule has 1 aromatic heterocycles. The molecule has 3 N–H and O–H groups in total. The maximum Gasteiger partial charge on any atom is 0.170 e. The predicted octanol–water partition coefficient (Wildman–Crippen LogP) is 2.81. The summed E-state index contributed by atoms with van der Waals surface area (Å²) < 4.78 is 0. The van der Waals surface area contributed by atoms with Crippen molar-refractivity contribution in [3.8, 4) is 0 Å². The van der Waals surface area contributed by atoms with Crippen LogP contribution in [0.5, 0.6) is 0 Å². The fourth-order valence-electron chi connectivity index (χ4n) is 4.13. The zero-order chi connectivity index (χ0) is 19.9. The van der Waals surface area contributed by atoms with Crippen LogP contribution in [0.2, 0.25) is 0 Å². The first-order valence-electron chi connectivity index (χ1n) is 10.9. The molecule has 0 saturated carbocycles. The third-order valence-corrected chi connectivity index (χ3v) is 6.03. The second-order valence-corrected chi connectivity index (χ2v) is 8.36. The summed E-state index contributed by atoms with van der Waals surface area (Å²) >= 11 is 5.49. The van der Waals surface area contributed by atoms with E-state index in [9.17, 15) is 0 Å². The van der Waals surface area contributed by atoms with Gasteiger partial charge in [0.25, 0.3) is 0 Å². The van der Waals surface area contributed by atoms with Gasteiger partial charge in [-0.05, 0) is 68.5 Å². The smallest absolute Gasteiger partial charge is 0.170 e. The maximum atomic E-state index is 5.49. The monoisotopic (exact) mass is 412 g/mol. The van der Waals surface area contributed by atoms with Crippen LogP contribution in [0, 0.1) is 0 Å². The van der Waals surface area contributed by atoms with Gasteiger partial charge >= 0.3 is 0 Å². The summed E-state index contributed by atoms with van der Waals surface area (Å²) in [5.74, 6) is 1.06. The molecule has 2 saturated heterocycles. The SMILES string of the molecule is S=C(NCCN1CCCCCC1)Nc1ccc2nc(N3CCNCC3)ccc2c1. The highest BCUT2D eigenvalue weighted by molar-refractivity contribution is 7.80. The molecule has 6 nitrogen and oxygen atoms in total. The van der Waals surface area contributed by atoms with Crippen molar-refractivity contribution in [2.45, 2.75) is 25.7 Å². The normalized spacial score (nSPS) is 18.4. The van der Waals surface area contributed by atoms with Crippen LogP contribution in [-0.4, -0.2) is 67.4 Å². The number of rotatable bonds is 5. The summed E-state index contributed by atoms with van der Waals surface area (Å²) in [6.07, 6.45) is 5.39. The fraction of sp³-hybridized carbons (Fsp3) is 0.545. The van der Waals surface area contributed by atoms with Crippen molar-refractivity contribution in [3.05, 3.63) is 30.3 Å². The van der Waals surface area contributed by atoms with Crippen LogP contribution < -0.4 is 20.9 Å². The third-order valence-electron chi connectivity index (χ3n) is 5.79.